The maximum Gasteiger partial charge on any atom is 0.273 e. The van der Waals surface area contributed by atoms with Gasteiger partial charge in [0.25, 0.3) is 5.56 Å². The Balaban J connectivity index is 1.54. The van der Waals surface area contributed by atoms with Crippen molar-refractivity contribution in [2.75, 3.05) is 34.3 Å². The maximum absolute atomic E-state index is 12.4. The lowest BCUT2D eigenvalue weighted by Crippen LogP contribution is -2.32. The first-order chi connectivity index (χ1) is 15.9. The Morgan fingerprint density at radius 2 is 1.88 bits per heavy atom. The molecule has 0 bridgehead atoms. The molecule has 174 valence electrons. The van der Waals surface area contributed by atoms with Crippen molar-refractivity contribution in [3.05, 3.63) is 70.1 Å². The van der Waals surface area contributed by atoms with Crippen LogP contribution in [0.5, 0.6) is 11.5 Å². The highest BCUT2D eigenvalue weighted by Gasteiger charge is 2.10. The molecule has 0 saturated carbocycles. The molecule has 0 aliphatic rings. The van der Waals surface area contributed by atoms with Gasteiger partial charge in [-0.3, -0.25) is 9.59 Å². The normalized spacial score (nSPS) is 10.8. The second-order valence-electron chi connectivity index (χ2n) is 7.77. The number of aromatic amines is 1. The zero-order chi connectivity index (χ0) is 23.6. The Kier molecular flexibility index (Phi) is 8.54. The average Bonchev–Trinajstić information content (AvgIpc) is 2.82. The van der Waals surface area contributed by atoms with E-state index in [2.05, 4.69) is 20.5 Å². The van der Waals surface area contributed by atoms with Crippen molar-refractivity contribution in [3.8, 4) is 22.9 Å². The van der Waals surface area contributed by atoms with E-state index >= 15 is 0 Å². The molecule has 0 fully saturated rings. The fourth-order valence-corrected chi connectivity index (χ4v) is 3.03. The fourth-order valence-electron chi connectivity index (χ4n) is 3.03. The number of amides is 1. The van der Waals surface area contributed by atoms with E-state index in [4.69, 9.17) is 9.47 Å². The molecule has 1 heterocycles. The van der Waals surface area contributed by atoms with Gasteiger partial charge >= 0.3 is 0 Å². The standard InChI is InChI=1S/C24H29N5O4/c1-29(2)14-13-25-22(30)12-11-21-24(31)26-23(28-27-21)18-7-9-19(10-8-18)33-16-17-5-4-6-20(15-17)32-3/h4-10,15H,11-14,16H2,1-3H3,(H,25,30)(H,26,28,31). The van der Waals surface area contributed by atoms with Crippen LogP contribution >= 0.6 is 0 Å². The molecule has 3 rings (SSSR count). The monoisotopic (exact) mass is 451 g/mol. The highest BCUT2D eigenvalue weighted by molar-refractivity contribution is 5.76. The fraction of sp³-hybridized carbons (Fsp3) is 0.333. The molecule has 9 nitrogen and oxygen atoms in total. The van der Waals surface area contributed by atoms with Crippen LogP contribution in [-0.2, 0) is 17.8 Å². The van der Waals surface area contributed by atoms with E-state index in [1.165, 1.54) is 0 Å². The Labute approximate surface area is 192 Å². The van der Waals surface area contributed by atoms with Gasteiger partial charge < -0.3 is 24.7 Å². The predicted octanol–water partition coefficient (Wildman–Crippen LogP) is 2.03. The van der Waals surface area contributed by atoms with Crippen LogP contribution in [0.25, 0.3) is 11.4 Å². The number of carbonyl (C=O) groups is 1. The molecule has 2 aromatic carbocycles. The van der Waals surface area contributed by atoms with Gasteiger partial charge in [0.1, 0.15) is 23.8 Å². The number of aromatic nitrogens is 3. The molecule has 33 heavy (non-hydrogen) atoms. The van der Waals surface area contributed by atoms with Gasteiger partial charge in [0.2, 0.25) is 5.91 Å². The van der Waals surface area contributed by atoms with Crippen molar-refractivity contribution in [2.45, 2.75) is 19.4 Å². The van der Waals surface area contributed by atoms with Crippen molar-refractivity contribution in [3.63, 3.8) is 0 Å². The summed E-state index contributed by atoms with van der Waals surface area (Å²) in [5.41, 5.74) is 1.59. The third-order valence-electron chi connectivity index (χ3n) is 4.90. The van der Waals surface area contributed by atoms with Crippen molar-refractivity contribution >= 4 is 5.91 Å². The first-order valence-electron chi connectivity index (χ1n) is 10.7. The summed E-state index contributed by atoms with van der Waals surface area (Å²) in [6, 6.07) is 14.9. The Morgan fingerprint density at radius 3 is 2.58 bits per heavy atom. The van der Waals surface area contributed by atoms with Gasteiger partial charge in [0.05, 0.1) is 7.11 Å². The van der Waals surface area contributed by atoms with Crippen LogP contribution in [0.3, 0.4) is 0 Å². The number of H-pyrrole nitrogens is 1. The number of likely N-dealkylation sites (N-methyl/N-ethyl adjacent to an activating group) is 1. The minimum absolute atomic E-state index is 0.119. The van der Waals surface area contributed by atoms with E-state index in [-0.39, 0.29) is 30.0 Å². The highest BCUT2D eigenvalue weighted by atomic mass is 16.5. The van der Waals surface area contributed by atoms with Gasteiger partial charge in [-0.05, 0) is 56.1 Å². The number of hydrogen-bond acceptors (Lipinski definition) is 7. The molecule has 0 saturated heterocycles. The number of methoxy groups -OCH3 is 1. The second-order valence-corrected chi connectivity index (χ2v) is 7.77. The number of benzene rings is 2. The molecule has 0 aliphatic heterocycles. The summed E-state index contributed by atoms with van der Waals surface area (Å²) in [6.45, 7) is 1.72. The number of carbonyl (C=O) groups excluding carboxylic acids is 1. The van der Waals surface area contributed by atoms with Crippen LogP contribution in [0, 0.1) is 0 Å². The third kappa shape index (κ3) is 7.43. The molecule has 0 radical (unpaired) electrons. The second kappa shape index (κ2) is 11.8. The Hall–Kier alpha value is -3.72. The summed E-state index contributed by atoms with van der Waals surface area (Å²) in [4.78, 5) is 29.0. The van der Waals surface area contributed by atoms with E-state index in [0.29, 0.717) is 30.3 Å². The van der Waals surface area contributed by atoms with Crippen LogP contribution in [0.4, 0.5) is 0 Å². The lowest BCUT2D eigenvalue weighted by atomic mass is 10.2. The minimum atomic E-state index is -0.348. The van der Waals surface area contributed by atoms with Crippen molar-refractivity contribution in [1.82, 2.24) is 25.4 Å². The van der Waals surface area contributed by atoms with Gasteiger partial charge in [-0.25, -0.2) is 0 Å². The SMILES string of the molecule is COc1cccc(COc2ccc(-c3nnc(CCC(=O)NCCN(C)C)c(=O)[nH]3)cc2)c1. The minimum Gasteiger partial charge on any atom is -0.497 e. The third-order valence-corrected chi connectivity index (χ3v) is 4.90. The number of rotatable bonds is 11. The zero-order valence-electron chi connectivity index (χ0n) is 19.1. The summed E-state index contributed by atoms with van der Waals surface area (Å²) >= 11 is 0. The molecule has 1 aromatic heterocycles. The summed E-state index contributed by atoms with van der Waals surface area (Å²) in [5.74, 6) is 1.71. The van der Waals surface area contributed by atoms with Gasteiger partial charge in [-0.1, -0.05) is 12.1 Å². The van der Waals surface area contributed by atoms with Crippen LogP contribution in [-0.4, -0.2) is 60.3 Å². The molecule has 2 N–H and O–H groups in total. The van der Waals surface area contributed by atoms with E-state index in [0.717, 1.165) is 17.9 Å². The molecule has 1 amide bonds. The largest absolute Gasteiger partial charge is 0.497 e. The summed E-state index contributed by atoms with van der Waals surface area (Å²) < 4.78 is 11.0. The molecular weight excluding hydrogens is 422 g/mol. The van der Waals surface area contributed by atoms with Crippen molar-refractivity contribution in [1.29, 1.82) is 0 Å². The first-order valence-corrected chi connectivity index (χ1v) is 10.7. The number of aryl methyl sites for hydroxylation is 1. The number of ether oxygens (including phenoxy) is 2. The molecule has 0 spiro atoms. The van der Waals surface area contributed by atoms with Crippen LogP contribution < -0.4 is 20.3 Å². The molecule has 0 unspecified atom stereocenters. The van der Waals surface area contributed by atoms with E-state index < -0.39 is 0 Å². The number of hydrogen-bond donors (Lipinski definition) is 2. The van der Waals surface area contributed by atoms with Crippen molar-refractivity contribution < 1.29 is 14.3 Å². The number of nitrogens with one attached hydrogen (secondary N) is 2. The zero-order valence-corrected chi connectivity index (χ0v) is 19.1. The predicted molar refractivity (Wildman–Crippen MR) is 125 cm³/mol. The topological polar surface area (TPSA) is 109 Å². The van der Waals surface area contributed by atoms with E-state index in [1.54, 1.807) is 19.2 Å². The molecular formula is C24H29N5O4. The molecule has 0 atom stereocenters. The average molecular weight is 452 g/mol. The Morgan fingerprint density at radius 1 is 1.09 bits per heavy atom. The van der Waals surface area contributed by atoms with Crippen LogP contribution in [0.15, 0.2) is 53.3 Å². The van der Waals surface area contributed by atoms with Gasteiger partial charge in [0.15, 0.2) is 5.82 Å². The van der Waals surface area contributed by atoms with Gasteiger partial charge in [-0.15, -0.1) is 10.2 Å². The van der Waals surface area contributed by atoms with E-state index in [9.17, 15) is 9.59 Å². The lowest BCUT2D eigenvalue weighted by Gasteiger charge is -2.10. The first kappa shape index (κ1) is 23.9. The van der Waals surface area contributed by atoms with Gasteiger partial charge in [0, 0.05) is 31.5 Å². The highest BCUT2D eigenvalue weighted by Crippen LogP contribution is 2.20. The summed E-state index contributed by atoms with van der Waals surface area (Å²) in [6.07, 6.45) is 0.414. The Bertz CT molecular complexity index is 1110. The maximum atomic E-state index is 12.4. The smallest absolute Gasteiger partial charge is 0.273 e. The van der Waals surface area contributed by atoms with Crippen LogP contribution in [0.2, 0.25) is 0 Å². The molecule has 9 heteroatoms. The van der Waals surface area contributed by atoms with Crippen LogP contribution in [0.1, 0.15) is 17.7 Å². The molecule has 3 aromatic rings. The number of nitrogens with zero attached hydrogens (tertiary/aromatic N) is 3. The van der Waals surface area contributed by atoms with Crippen molar-refractivity contribution in [2.24, 2.45) is 0 Å². The quantitative estimate of drug-likeness (QED) is 0.459. The lowest BCUT2D eigenvalue weighted by molar-refractivity contribution is -0.121. The summed E-state index contributed by atoms with van der Waals surface area (Å²) in [7, 11) is 5.50. The van der Waals surface area contributed by atoms with E-state index in [1.807, 2.05) is 55.4 Å². The van der Waals surface area contributed by atoms with Gasteiger partial charge in [-0.2, -0.15) is 0 Å². The molecule has 0 aliphatic carbocycles. The summed E-state index contributed by atoms with van der Waals surface area (Å²) in [5, 5.41) is 11.0.